The van der Waals surface area contributed by atoms with Gasteiger partial charge in [-0.2, -0.15) is 5.10 Å². The van der Waals surface area contributed by atoms with Gasteiger partial charge in [0.2, 0.25) is 0 Å². The number of hydrogen-bond acceptors (Lipinski definition) is 5. The number of amides is 1. The Bertz CT molecular complexity index is 876. The molecule has 0 aliphatic heterocycles. The standard InChI is InChI=1S/C18H17N3O3S/c22-17-9-8-15(16-7-4-12-25-16)20-21(17)11-10-19-18(23)24-13-14-5-2-1-3-6-14/h1-9,12H,10-11,13H2,(H,19,23). The molecule has 1 amide bonds. The lowest BCUT2D eigenvalue weighted by molar-refractivity contribution is 0.139. The number of ether oxygens (including phenoxy) is 1. The van der Waals surface area contributed by atoms with Crippen LogP contribution in [0.3, 0.4) is 0 Å². The number of aromatic nitrogens is 2. The molecule has 6 nitrogen and oxygen atoms in total. The molecule has 128 valence electrons. The fourth-order valence-corrected chi connectivity index (χ4v) is 2.89. The van der Waals surface area contributed by atoms with Crippen LogP contribution in [0.5, 0.6) is 0 Å². The van der Waals surface area contributed by atoms with Gasteiger partial charge in [0.05, 0.1) is 11.4 Å². The Balaban J connectivity index is 1.51. The molecule has 0 bridgehead atoms. The van der Waals surface area contributed by atoms with Crippen LogP contribution in [-0.4, -0.2) is 22.4 Å². The predicted molar refractivity (Wildman–Crippen MR) is 96.4 cm³/mol. The topological polar surface area (TPSA) is 73.2 Å². The van der Waals surface area contributed by atoms with Crippen molar-refractivity contribution in [2.75, 3.05) is 6.54 Å². The van der Waals surface area contributed by atoms with Gasteiger partial charge in [-0.25, -0.2) is 9.48 Å². The first kappa shape index (κ1) is 16.9. The Kier molecular flexibility index (Phi) is 5.58. The second kappa shape index (κ2) is 8.25. The Hall–Kier alpha value is -2.93. The first-order chi connectivity index (χ1) is 12.2. The van der Waals surface area contributed by atoms with Crippen molar-refractivity contribution in [1.82, 2.24) is 15.1 Å². The van der Waals surface area contributed by atoms with E-state index in [1.165, 1.54) is 10.7 Å². The van der Waals surface area contributed by atoms with Crippen LogP contribution in [0, 0.1) is 0 Å². The molecule has 0 radical (unpaired) electrons. The summed E-state index contributed by atoms with van der Waals surface area (Å²) in [6.45, 7) is 0.742. The van der Waals surface area contributed by atoms with Crippen molar-refractivity contribution in [2.24, 2.45) is 0 Å². The molecule has 1 N–H and O–H groups in total. The van der Waals surface area contributed by atoms with Gasteiger partial charge in [-0.1, -0.05) is 36.4 Å². The average Bonchev–Trinajstić information content (AvgIpc) is 3.17. The van der Waals surface area contributed by atoms with E-state index in [0.29, 0.717) is 0 Å². The molecule has 7 heteroatoms. The zero-order valence-corrected chi connectivity index (χ0v) is 14.2. The number of nitrogens with zero attached hydrogens (tertiary/aromatic N) is 2. The van der Waals surface area contributed by atoms with Crippen LogP contribution >= 0.6 is 11.3 Å². The largest absolute Gasteiger partial charge is 0.445 e. The number of carbonyl (C=O) groups excluding carboxylic acids is 1. The van der Waals surface area contributed by atoms with Gasteiger partial charge in [0.1, 0.15) is 12.3 Å². The molecule has 2 aromatic heterocycles. The van der Waals surface area contributed by atoms with Crippen molar-refractivity contribution in [3.8, 4) is 10.6 Å². The van der Waals surface area contributed by atoms with Gasteiger partial charge in [0.15, 0.2) is 0 Å². The Labute approximate surface area is 148 Å². The van der Waals surface area contributed by atoms with Crippen LogP contribution < -0.4 is 10.9 Å². The van der Waals surface area contributed by atoms with Gasteiger partial charge in [0, 0.05) is 12.6 Å². The normalized spacial score (nSPS) is 10.4. The Morgan fingerprint density at radius 1 is 1.12 bits per heavy atom. The number of carbonyl (C=O) groups is 1. The second-order valence-corrected chi connectivity index (χ2v) is 6.19. The van der Waals surface area contributed by atoms with Crippen LogP contribution in [0.25, 0.3) is 10.6 Å². The summed E-state index contributed by atoms with van der Waals surface area (Å²) in [5, 5.41) is 8.91. The minimum absolute atomic E-state index is 0.207. The first-order valence-electron chi connectivity index (χ1n) is 7.79. The summed E-state index contributed by atoms with van der Waals surface area (Å²) in [6, 6.07) is 16.5. The molecule has 0 aliphatic rings. The SMILES string of the molecule is O=C(NCCn1nc(-c2cccs2)ccc1=O)OCc1ccccc1. The van der Waals surface area contributed by atoms with Crippen LogP contribution in [-0.2, 0) is 17.9 Å². The monoisotopic (exact) mass is 355 g/mol. The van der Waals surface area contributed by atoms with Gasteiger partial charge in [0.25, 0.3) is 5.56 Å². The summed E-state index contributed by atoms with van der Waals surface area (Å²) in [4.78, 5) is 24.6. The van der Waals surface area contributed by atoms with Gasteiger partial charge in [-0.15, -0.1) is 11.3 Å². The van der Waals surface area contributed by atoms with Gasteiger partial charge in [-0.05, 0) is 23.1 Å². The predicted octanol–water partition coefficient (Wildman–Crippen LogP) is 2.90. The van der Waals surface area contributed by atoms with E-state index < -0.39 is 6.09 Å². The van der Waals surface area contributed by atoms with E-state index in [1.807, 2.05) is 47.8 Å². The third-order valence-corrected chi connectivity index (χ3v) is 4.34. The van der Waals surface area contributed by atoms with Crippen molar-refractivity contribution < 1.29 is 9.53 Å². The zero-order chi connectivity index (χ0) is 17.5. The number of alkyl carbamates (subject to hydrolysis) is 1. The third-order valence-electron chi connectivity index (χ3n) is 3.45. The fourth-order valence-electron chi connectivity index (χ4n) is 2.20. The summed E-state index contributed by atoms with van der Waals surface area (Å²) < 4.78 is 6.46. The summed E-state index contributed by atoms with van der Waals surface area (Å²) in [5.74, 6) is 0. The molecule has 1 aromatic carbocycles. The highest BCUT2D eigenvalue weighted by atomic mass is 32.1. The lowest BCUT2D eigenvalue weighted by atomic mass is 10.2. The van der Waals surface area contributed by atoms with E-state index in [1.54, 1.807) is 17.4 Å². The van der Waals surface area contributed by atoms with Gasteiger partial charge < -0.3 is 10.1 Å². The smallest absolute Gasteiger partial charge is 0.407 e. The van der Waals surface area contributed by atoms with Crippen LogP contribution in [0.15, 0.2) is 64.8 Å². The molecule has 0 spiro atoms. The molecule has 0 atom stereocenters. The van der Waals surface area contributed by atoms with Crippen LogP contribution in [0.2, 0.25) is 0 Å². The highest BCUT2D eigenvalue weighted by Gasteiger charge is 2.06. The quantitative estimate of drug-likeness (QED) is 0.738. The average molecular weight is 355 g/mol. The molecule has 0 aliphatic carbocycles. The molecule has 0 saturated carbocycles. The molecule has 2 heterocycles. The van der Waals surface area contributed by atoms with Gasteiger partial charge >= 0.3 is 6.09 Å². The molecule has 25 heavy (non-hydrogen) atoms. The first-order valence-corrected chi connectivity index (χ1v) is 8.67. The summed E-state index contributed by atoms with van der Waals surface area (Å²) >= 11 is 1.56. The molecular formula is C18H17N3O3S. The van der Waals surface area contributed by atoms with Crippen molar-refractivity contribution in [3.05, 3.63) is 75.9 Å². The lowest BCUT2D eigenvalue weighted by Crippen LogP contribution is -2.32. The Morgan fingerprint density at radius 2 is 1.96 bits per heavy atom. The van der Waals surface area contributed by atoms with Crippen molar-refractivity contribution in [1.29, 1.82) is 0 Å². The van der Waals surface area contributed by atoms with E-state index in [-0.39, 0.29) is 25.3 Å². The van der Waals surface area contributed by atoms with E-state index in [2.05, 4.69) is 10.4 Å². The third kappa shape index (κ3) is 4.77. The molecule has 0 unspecified atom stereocenters. The highest BCUT2D eigenvalue weighted by Crippen LogP contribution is 2.20. The number of thiophene rings is 1. The van der Waals surface area contributed by atoms with Crippen molar-refractivity contribution in [2.45, 2.75) is 13.2 Å². The maximum absolute atomic E-state index is 11.9. The number of benzene rings is 1. The maximum atomic E-state index is 11.9. The van der Waals surface area contributed by atoms with Crippen molar-refractivity contribution >= 4 is 17.4 Å². The zero-order valence-electron chi connectivity index (χ0n) is 13.4. The molecule has 3 aromatic rings. The number of nitrogens with one attached hydrogen (secondary N) is 1. The van der Waals surface area contributed by atoms with E-state index in [9.17, 15) is 9.59 Å². The number of rotatable bonds is 6. The second-order valence-electron chi connectivity index (χ2n) is 5.25. The molecule has 0 fully saturated rings. The molecule has 3 rings (SSSR count). The molecule has 0 saturated heterocycles. The fraction of sp³-hybridized carbons (Fsp3) is 0.167. The van der Waals surface area contributed by atoms with Crippen LogP contribution in [0.4, 0.5) is 4.79 Å². The summed E-state index contributed by atoms with van der Waals surface area (Å²) in [7, 11) is 0. The Morgan fingerprint density at radius 3 is 2.72 bits per heavy atom. The van der Waals surface area contributed by atoms with Crippen molar-refractivity contribution in [3.63, 3.8) is 0 Å². The van der Waals surface area contributed by atoms with Crippen LogP contribution in [0.1, 0.15) is 5.56 Å². The maximum Gasteiger partial charge on any atom is 0.407 e. The molecular weight excluding hydrogens is 338 g/mol. The van der Waals surface area contributed by atoms with E-state index >= 15 is 0 Å². The number of hydrogen-bond donors (Lipinski definition) is 1. The summed E-state index contributed by atoms with van der Waals surface area (Å²) in [6.07, 6.45) is -0.522. The summed E-state index contributed by atoms with van der Waals surface area (Å²) in [5.41, 5.74) is 1.44. The lowest BCUT2D eigenvalue weighted by Gasteiger charge is -2.08. The minimum Gasteiger partial charge on any atom is -0.445 e. The minimum atomic E-state index is -0.522. The van der Waals surface area contributed by atoms with E-state index in [0.717, 1.165) is 16.1 Å². The van der Waals surface area contributed by atoms with E-state index in [4.69, 9.17) is 4.74 Å². The highest BCUT2D eigenvalue weighted by molar-refractivity contribution is 7.13. The van der Waals surface area contributed by atoms with Gasteiger partial charge in [-0.3, -0.25) is 4.79 Å².